The fourth-order valence-electron chi connectivity index (χ4n) is 2.48. The first-order valence-electron chi connectivity index (χ1n) is 7.96. The molecule has 0 atom stereocenters. The molecule has 1 heterocycles. The number of hydrogen-bond acceptors (Lipinski definition) is 5. The largest absolute Gasteiger partial charge is 0.482 e. The standard InChI is InChI=1S/C18H22N2O5/c1-12-16(13(2)25-19-12)8-9-17(21)20(3)10-14-4-6-15(7-5-14)24-11-18(22)23/h4-7H,8-11H2,1-3H3,(H,22,23). The van der Waals surface area contributed by atoms with E-state index >= 15 is 0 Å². The molecule has 0 unspecified atom stereocenters. The molecule has 0 aliphatic heterocycles. The highest BCUT2D eigenvalue weighted by atomic mass is 16.5. The van der Waals surface area contributed by atoms with Crippen LogP contribution in [0.25, 0.3) is 0 Å². The van der Waals surface area contributed by atoms with Gasteiger partial charge in [0.05, 0.1) is 5.69 Å². The Morgan fingerprint density at radius 3 is 2.48 bits per heavy atom. The number of ether oxygens (including phenoxy) is 1. The van der Waals surface area contributed by atoms with Crippen LogP contribution in [0.1, 0.15) is 29.0 Å². The van der Waals surface area contributed by atoms with Crippen LogP contribution < -0.4 is 4.74 Å². The van der Waals surface area contributed by atoms with Gasteiger partial charge < -0.3 is 19.3 Å². The van der Waals surface area contributed by atoms with Gasteiger partial charge in [-0.25, -0.2) is 4.79 Å². The second-order valence-corrected chi connectivity index (χ2v) is 5.88. The Bertz CT molecular complexity index is 717. The van der Waals surface area contributed by atoms with Gasteiger partial charge in [-0.1, -0.05) is 17.3 Å². The van der Waals surface area contributed by atoms with Crippen molar-refractivity contribution in [1.82, 2.24) is 10.1 Å². The highest BCUT2D eigenvalue weighted by Crippen LogP contribution is 2.16. The van der Waals surface area contributed by atoms with Gasteiger partial charge in [-0.2, -0.15) is 0 Å². The Morgan fingerprint density at radius 2 is 1.92 bits per heavy atom. The molecule has 134 valence electrons. The SMILES string of the molecule is Cc1noc(C)c1CCC(=O)N(C)Cc1ccc(OCC(=O)O)cc1. The summed E-state index contributed by atoms with van der Waals surface area (Å²) in [5.41, 5.74) is 2.75. The first-order valence-corrected chi connectivity index (χ1v) is 7.96. The molecule has 0 radical (unpaired) electrons. The van der Waals surface area contributed by atoms with Gasteiger partial charge in [0, 0.05) is 25.6 Å². The smallest absolute Gasteiger partial charge is 0.341 e. The molecule has 1 aromatic carbocycles. The van der Waals surface area contributed by atoms with E-state index in [1.165, 1.54) is 0 Å². The number of amides is 1. The number of benzene rings is 1. The number of aryl methyl sites for hydroxylation is 2. The summed E-state index contributed by atoms with van der Waals surface area (Å²) in [4.78, 5) is 24.4. The van der Waals surface area contributed by atoms with E-state index in [2.05, 4.69) is 5.16 Å². The van der Waals surface area contributed by atoms with Crippen LogP contribution in [0.3, 0.4) is 0 Å². The van der Waals surface area contributed by atoms with Gasteiger partial charge in [0.25, 0.3) is 0 Å². The van der Waals surface area contributed by atoms with Crippen LogP contribution >= 0.6 is 0 Å². The summed E-state index contributed by atoms with van der Waals surface area (Å²) in [7, 11) is 1.75. The lowest BCUT2D eigenvalue weighted by Crippen LogP contribution is -2.26. The first kappa shape index (κ1) is 18.5. The highest BCUT2D eigenvalue weighted by Gasteiger charge is 2.14. The van der Waals surface area contributed by atoms with Crippen molar-refractivity contribution in [1.29, 1.82) is 0 Å². The van der Waals surface area contributed by atoms with E-state index in [0.29, 0.717) is 25.1 Å². The minimum Gasteiger partial charge on any atom is -0.482 e. The second kappa shape index (κ2) is 8.32. The third-order valence-electron chi connectivity index (χ3n) is 3.90. The summed E-state index contributed by atoms with van der Waals surface area (Å²) in [6, 6.07) is 7.02. The zero-order chi connectivity index (χ0) is 18.4. The van der Waals surface area contributed by atoms with E-state index in [-0.39, 0.29) is 12.5 Å². The average Bonchev–Trinajstić information content (AvgIpc) is 2.90. The van der Waals surface area contributed by atoms with E-state index < -0.39 is 5.97 Å². The predicted molar refractivity (Wildman–Crippen MR) is 90.3 cm³/mol. The topological polar surface area (TPSA) is 92.9 Å². The van der Waals surface area contributed by atoms with Gasteiger partial charge >= 0.3 is 5.97 Å². The van der Waals surface area contributed by atoms with Gasteiger partial charge in [0.1, 0.15) is 11.5 Å². The van der Waals surface area contributed by atoms with Crippen molar-refractivity contribution in [2.45, 2.75) is 33.2 Å². The van der Waals surface area contributed by atoms with Gasteiger partial charge in [-0.05, 0) is 38.0 Å². The molecule has 0 bridgehead atoms. The Labute approximate surface area is 146 Å². The number of hydrogen-bond donors (Lipinski definition) is 1. The zero-order valence-electron chi connectivity index (χ0n) is 14.6. The van der Waals surface area contributed by atoms with Crippen LogP contribution in [0.4, 0.5) is 0 Å². The van der Waals surface area contributed by atoms with Crippen molar-refractivity contribution in [3.05, 3.63) is 46.8 Å². The molecule has 2 aromatic rings. The molecule has 1 amide bonds. The monoisotopic (exact) mass is 346 g/mol. The van der Waals surface area contributed by atoms with E-state index in [9.17, 15) is 9.59 Å². The maximum Gasteiger partial charge on any atom is 0.341 e. The summed E-state index contributed by atoms with van der Waals surface area (Å²) in [5.74, 6) is 0.252. The number of carboxylic acids is 1. The molecule has 1 N–H and O–H groups in total. The number of nitrogens with zero attached hydrogens (tertiary/aromatic N) is 2. The molecule has 2 rings (SSSR count). The summed E-state index contributed by atoms with van der Waals surface area (Å²) in [6.07, 6.45) is 0.992. The van der Waals surface area contributed by atoms with Crippen molar-refractivity contribution in [2.24, 2.45) is 0 Å². The molecule has 1 aromatic heterocycles. The molecule has 0 saturated carbocycles. The van der Waals surface area contributed by atoms with Crippen LogP contribution in [-0.4, -0.2) is 40.7 Å². The molecular formula is C18H22N2O5. The quantitative estimate of drug-likeness (QED) is 0.789. The van der Waals surface area contributed by atoms with Gasteiger partial charge in [-0.15, -0.1) is 0 Å². The first-order chi connectivity index (χ1) is 11.9. The van der Waals surface area contributed by atoms with Crippen molar-refractivity contribution in [3.63, 3.8) is 0 Å². The molecule has 0 fully saturated rings. The van der Waals surface area contributed by atoms with E-state index in [0.717, 1.165) is 22.6 Å². The van der Waals surface area contributed by atoms with Crippen LogP contribution in [0.5, 0.6) is 5.75 Å². The van der Waals surface area contributed by atoms with Crippen molar-refractivity contribution in [2.75, 3.05) is 13.7 Å². The fourth-order valence-corrected chi connectivity index (χ4v) is 2.48. The molecular weight excluding hydrogens is 324 g/mol. The number of rotatable bonds is 8. The van der Waals surface area contributed by atoms with E-state index in [1.54, 1.807) is 24.1 Å². The number of aromatic nitrogens is 1. The lowest BCUT2D eigenvalue weighted by Gasteiger charge is -2.17. The molecule has 0 aliphatic carbocycles. The van der Waals surface area contributed by atoms with Gasteiger partial charge in [0.2, 0.25) is 5.91 Å². The van der Waals surface area contributed by atoms with E-state index in [4.69, 9.17) is 14.4 Å². The third-order valence-corrected chi connectivity index (χ3v) is 3.90. The average molecular weight is 346 g/mol. The minimum atomic E-state index is -1.02. The Kier molecular flexibility index (Phi) is 6.16. The molecule has 0 spiro atoms. The van der Waals surface area contributed by atoms with Crippen molar-refractivity contribution < 1.29 is 24.0 Å². The fraction of sp³-hybridized carbons (Fsp3) is 0.389. The number of carbonyl (C=O) groups is 2. The minimum absolute atomic E-state index is 0.0335. The molecule has 25 heavy (non-hydrogen) atoms. The van der Waals surface area contributed by atoms with Crippen molar-refractivity contribution in [3.8, 4) is 5.75 Å². The van der Waals surface area contributed by atoms with Crippen LogP contribution in [0.2, 0.25) is 0 Å². The zero-order valence-corrected chi connectivity index (χ0v) is 14.6. The predicted octanol–water partition coefficient (Wildman–Crippen LogP) is 2.35. The van der Waals surface area contributed by atoms with E-state index in [1.807, 2.05) is 26.0 Å². The summed E-state index contributed by atoms with van der Waals surface area (Å²) in [5, 5.41) is 12.5. The molecule has 0 aliphatic rings. The molecule has 7 heteroatoms. The highest BCUT2D eigenvalue weighted by molar-refractivity contribution is 5.76. The number of carbonyl (C=O) groups excluding carboxylic acids is 1. The van der Waals surface area contributed by atoms with Crippen LogP contribution in [0, 0.1) is 13.8 Å². The number of carboxylic acid groups (broad SMARTS) is 1. The summed E-state index contributed by atoms with van der Waals surface area (Å²) < 4.78 is 10.2. The maximum atomic E-state index is 12.3. The summed E-state index contributed by atoms with van der Waals surface area (Å²) in [6.45, 7) is 3.81. The van der Waals surface area contributed by atoms with Crippen molar-refractivity contribution >= 4 is 11.9 Å². The lowest BCUT2D eigenvalue weighted by molar-refractivity contribution is -0.139. The summed E-state index contributed by atoms with van der Waals surface area (Å²) >= 11 is 0. The molecule has 0 saturated heterocycles. The Hall–Kier alpha value is -2.83. The maximum absolute atomic E-state index is 12.3. The lowest BCUT2D eigenvalue weighted by atomic mass is 10.1. The van der Waals surface area contributed by atoms with Gasteiger partial charge in [-0.3, -0.25) is 4.79 Å². The van der Waals surface area contributed by atoms with Gasteiger partial charge in [0.15, 0.2) is 6.61 Å². The van der Waals surface area contributed by atoms with Crippen LogP contribution in [0.15, 0.2) is 28.8 Å². The third kappa shape index (κ3) is 5.34. The van der Waals surface area contributed by atoms with Crippen LogP contribution in [-0.2, 0) is 22.6 Å². The number of aliphatic carboxylic acids is 1. The molecule has 7 nitrogen and oxygen atoms in total. The second-order valence-electron chi connectivity index (χ2n) is 5.88. The normalized spacial score (nSPS) is 10.5. The Balaban J connectivity index is 1.85. The Morgan fingerprint density at radius 1 is 1.24 bits per heavy atom.